The van der Waals surface area contributed by atoms with Crippen molar-refractivity contribution in [1.82, 2.24) is 10.2 Å². The SMILES string of the molecule is Cc1cc(C)cc(CC(=O)N(Cc2ccc(Cl)cc2)C(Cc2ccccc2)C(=O)NC(C)C)c1. The molecule has 178 valence electrons. The van der Waals surface area contributed by atoms with Gasteiger partial charge in [-0.05, 0) is 56.5 Å². The number of benzene rings is 3. The standard InChI is InChI=1S/C29H33ClN2O2/c1-20(2)31-29(34)27(17-23-8-6-5-7-9-23)32(19-24-10-12-26(30)13-11-24)28(33)18-25-15-21(3)14-22(4)16-25/h5-16,20,27H,17-19H2,1-4H3,(H,31,34). The molecular formula is C29H33ClN2O2. The van der Waals surface area contributed by atoms with E-state index in [1.807, 2.05) is 94.4 Å². The van der Waals surface area contributed by atoms with Gasteiger partial charge < -0.3 is 10.2 Å². The van der Waals surface area contributed by atoms with Gasteiger partial charge in [0.2, 0.25) is 11.8 Å². The van der Waals surface area contributed by atoms with E-state index in [-0.39, 0.29) is 24.3 Å². The smallest absolute Gasteiger partial charge is 0.243 e. The number of hydrogen-bond donors (Lipinski definition) is 1. The Hall–Kier alpha value is -3.11. The van der Waals surface area contributed by atoms with Crippen LogP contribution in [0.15, 0.2) is 72.8 Å². The summed E-state index contributed by atoms with van der Waals surface area (Å²) in [7, 11) is 0. The fourth-order valence-electron chi connectivity index (χ4n) is 4.17. The number of nitrogens with one attached hydrogen (secondary N) is 1. The van der Waals surface area contributed by atoms with Crippen LogP contribution in [0.25, 0.3) is 0 Å². The number of hydrogen-bond acceptors (Lipinski definition) is 2. The molecule has 1 atom stereocenters. The highest BCUT2D eigenvalue weighted by atomic mass is 35.5. The van der Waals surface area contributed by atoms with Crippen LogP contribution in [0.2, 0.25) is 5.02 Å². The minimum absolute atomic E-state index is 0.0299. The van der Waals surface area contributed by atoms with Gasteiger partial charge in [-0.25, -0.2) is 0 Å². The Morgan fingerprint density at radius 2 is 1.47 bits per heavy atom. The molecule has 0 saturated heterocycles. The third-order valence-electron chi connectivity index (χ3n) is 5.61. The molecular weight excluding hydrogens is 444 g/mol. The largest absolute Gasteiger partial charge is 0.352 e. The minimum Gasteiger partial charge on any atom is -0.352 e. The third kappa shape index (κ3) is 7.46. The fraction of sp³-hybridized carbons (Fsp3) is 0.310. The van der Waals surface area contributed by atoms with Gasteiger partial charge in [-0.2, -0.15) is 0 Å². The molecule has 0 radical (unpaired) electrons. The van der Waals surface area contributed by atoms with E-state index in [2.05, 4.69) is 11.4 Å². The van der Waals surface area contributed by atoms with Crippen LogP contribution in [-0.2, 0) is 29.0 Å². The van der Waals surface area contributed by atoms with Gasteiger partial charge >= 0.3 is 0 Å². The first-order valence-electron chi connectivity index (χ1n) is 11.7. The predicted octanol–water partition coefficient (Wildman–Crippen LogP) is 5.66. The molecule has 0 heterocycles. The lowest BCUT2D eigenvalue weighted by atomic mass is 10.00. The summed E-state index contributed by atoms with van der Waals surface area (Å²) in [6.07, 6.45) is 0.669. The number of aryl methyl sites for hydroxylation is 2. The van der Waals surface area contributed by atoms with Crippen molar-refractivity contribution in [3.63, 3.8) is 0 Å². The Morgan fingerprint density at radius 1 is 0.853 bits per heavy atom. The summed E-state index contributed by atoms with van der Waals surface area (Å²) in [5, 5.41) is 3.66. The van der Waals surface area contributed by atoms with Crippen LogP contribution in [0, 0.1) is 13.8 Å². The van der Waals surface area contributed by atoms with Gasteiger partial charge in [0, 0.05) is 24.0 Å². The topological polar surface area (TPSA) is 49.4 Å². The second kappa shape index (κ2) is 11.8. The number of amides is 2. The van der Waals surface area contributed by atoms with E-state index in [4.69, 9.17) is 11.6 Å². The van der Waals surface area contributed by atoms with Crippen molar-refractivity contribution in [2.24, 2.45) is 0 Å². The molecule has 1 N–H and O–H groups in total. The lowest BCUT2D eigenvalue weighted by Crippen LogP contribution is -2.52. The van der Waals surface area contributed by atoms with Crippen molar-refractivity contribution in [2.75, 3.05) is 0 Å². The monoisotopic (exact) mass is 476 g/mol. The van der Waals surface area contributed by atoms with Crippen molar-refractivity contribution in [3.05, 3.63) is 106 Å². The van der Waals surface area contributed by atoms with Crippen LogP contribution in [0.3, 0.4) is 0 Å². The van der Waals surface area contributed by atoms with Crippen molar-refractivity contribution >= 4 is 23.4 Å². The van der Waals surface area contributed by atoms with Gasteiger partial charge in [0.25, 0.3) is 0 Å². The van der Waals surface area contributed by atoms with Crippen molar-refractivity contribution < 1.29 is 9.59 Å². The summed E-state index contributed by atoms with van der Waals surface area (Å²) in [5.41, 5.74) is 5.11. The Labute approximate surface area is 207 Å². The van der Waals surface area contributed by atoms with Crippen LogP contribution in [-0.4, -0.2) is 28.8 Å². The van der Waals surface area contributed by atoms with Gasteiger partial charge in [0.15, 0.2) is 0 Å². The number of carbonyl (C=O) groups is 2. The number of nitrogens with zero attached hydrogens (tertiary/aromatic N) is 1. The fourth-order valence-corrected chi connectivity index (χ4v) is 4.29. The van der Waals surface area contributed by atoms with Gasteiger partial charge in [-0.3, -0.25) is 9.59 Å². The van der Waals surface area contributed by atoms with Crippen molar-refractivity contribution in [2.45, 2.75) is 59.2 Å². The summed E-state index contributed by atoms with van der Waals surface area (Å²) in [4.78, 5) is 28.8. The molecule has 0 spiro atoms. The molecule has 0 bridgehead atoms. The summed E-state index contributed by atoms with van der Waals surface area (Å²) >= 11 is 6.08. The minimum atomic E-state index is -0.640. The molecule has 0 aliphatic heterocycles. The lowest BCUT2D eigenvalue weighted by molar-refractivity contribution is -0.141. The van der Waals surface area contributed by atoms with E-state index in [1.165, 1.54) is 0 Å². The van der Waals surface area contributed by atoms with Crippen LogP contribution in [0.1, 0.15) is 41.7 Å². The molecule has 3 aromatic rings. The van der Waals surface area contributed by atoms with E-state index < -0.39 is 6.04 Å². The molecule has 3 aromatic carbocycles. The average molecular weight is 477 g/mol. The maximum absolute atomic E-state index is 13.7. The highest BCUT2D eigenvalue weighted by Gasteiger charge is 2.30. The molecule has 5 heteroatoms. The number of halogens is 1. The molecule has 0 fully saturated rings. The maximum Gasteiger partial charge on any atom is 0.243 e. The van der Waals surface area contributed by atoms with Gasteiger partial charge in [0.1, 0.15) is 6.04 Å². The third-order valence-corrected chi connectivity index (χ3v) is 5.86. The molecule has 0 aliphatic carbocycles. The van der Waals surface area contributed by atoms with Crippen LogP contribution < -0.4 is 5.32 Å². The Morgan fingerprint density at radius 3 is 2.06 bits per heavy atom. The summed E-state index contributed by atoms with van der Waals surface area (Å²) in [5.74, 6) is -0.235. The van der Waals surface area contributed by atoms with E-state index >= 15 is 0 Å². The van der Waals surface area contributed by atoms with Crippen molar-refractivity contribution in [1.29, 1.82) is 0 Å². The first kappa shape index (κ1) is 25.5. The van der Waals surface area contributed by atoms with Crippen LogP contribution >= 0.6 is 11.6 Å². The van der Waals surface area contributed by atoms with Gasteiger partial charge in [-0.1, -0.05) is 83.4 Å². The first-order valence-corrected chi connectivity index (χ1v) is 12.0. The molecule has 2 amide bonds. The number of rotatable bonds is 9. The zero-order chi connectivity index (χ0) is 24.7. The quantitative estimate of drug-likeness (QED) is 0.433. The second-order valence-electron chi connectivity index (χ2n) is 9.19. The predicted molar refractivity (Wildman–Crippen MR) is 139 cm³/mol. The van der Waals surface area contributed by atoms with Crippen LogP contribution in [0.4, 0.5) is 0 Å². The highest BCUT2D eigenvalue weighted by Crippen LogP contribution is 2.19. The van der Waals surface area contributed by atoms with E-state index in [1.54, 1.807) is 4.90 Å². The van der Waals surface area contributed by atoms with E-state index in [0.717, 1.165) is 27.8 Å². The second-order valence-corrected chi connectivity index (χ2v) is 9.63. The maximum atomic E-state index is 13.7. The van der Waals surface area contributed by atoms with Gasteiger partial charge in [0.05, 0.1) is 6.42 Å². The molecule has 0 aromatic heterocycles. The lowest BCUT2D eigenvalue weighted by Gasteiger charge is -2.32. The zero-order valence-electron chi connectivity index (χ0n) is 20.3. The zero-order valence-corrected chi connectivity index (χ0v) is 21.1. The molecule has 34 heavy (non-hydrogen) atoms. The number of carbonyl (C=O) groups excluding carboxylic acids is 2. The highest BCUT2D eigenvalue weighted by molar-refractivity contribution is 6.30. The van der Waals surface area contributed by atoms with E-state index in [0.29, 0.717) is 18.0 Å². The molecule has 4 nitrogen and oxygen atoms in total. The van der Waals surface area contributed by atoms with E-state index in [9.17, 15) is 9.59 Å². The molecule has 0 saturated carbocycles. The Bertz CT molecular complexity index is 1090. The first-order chi connectivity index (χ1) is 16.2. The van der Waals surface area contributed by atoms with Crippen LogP contribution in [0.5, 0.6) is 0 Å². The Balaban J connectivity index is 1.98. The summed E-state index contributed by atoms with van der Waals surface area (Å²) in [6.45, 7) is 8.24. The molecule has 1 unspecified atom stereocenters. The van der Waals surface area contributed by atoms with Crippen molar-refractivity contribution in [3.8, 4) is 0 Å². The molecule has 3 rings (SSSR count). The summed E-state index contributed by atoms with van der Waals surface area (Å²) in [6, 6.07) is 22.7. The summed E-state index contributed by atoms with van der Waals surface area (Å²) < 4.78 is 0. The van der Waals surface area contributed by atoms with Gasteiger partial charge in [-0.15, -0.1) is 0 Å². The normalized spacial score (nSPS) is 11.8. The average Bonchev–Trinajstić information content (AvgIpc) is 2.77. The molecule has 0 aliphatic rings. The Kier molecular flexibility index (Phi) is 8.89.